The maximum atomic E-state index is 12.5. The van der Waals surface area contributed by atoms with Crippen LogP contribution in [0.4, 0.5) is 26.3 Å². The van der Waals surface area contributed by atoms with E-state index >= 15 is 0 Å². The Labute approximate surface area is 101 Å². The number of nitriles is 1. The molecular formula is C9H4F6N2O2. The van der Waals surface area contributed by atoms with Crippen molar-refractivity contribution in [3.8, 4) is 17.7 Å². The molecule has 1 aromatic rings. The number of aromatic nitrogens is 1. The molecule has 1 heterocycles. The molecule has 0 spiro atoms. The van der Waals surface area contributed by atoms with Crippen LogP contribution in [0.2, 0.25) is 0 Å². The summed E-state index contributed by atoms with van der Waals surface area (Å²) in [6.07, 6.45) is -11.1. The molecule has 0 aliphatic rings. The molecule has 19 heavy (non-hydrogen) atoms. The number of halogens is 6. The van der Waals surface area contributed by atoms with Gasteiger partial charge in [0.15, 0.2) is 5.75 Å². The minimum atomic E-state index is -5.23. The van der Waals surface area contributed by atoms with Gasteiger partial charge in [0.25, 0.3) is 5.88 Å². The van der Waals surface area contributed by atoms with Gasteiger partial charge in [0.1, 0.15) is 0 Å². The molecule has 0 atom stereocenters. The third kappa shape index (κ3) is 3.90. The number of rotatable bonds is 2. The summed E-state index contributed by atoms with van der Waals surface area (Å²) in [5, 5.41) is 17.4. The van der Waals surface area contributed by atoms with Gasteiger partial charge in [-0.1, -0.05) is 0 Å². The Bertz CT molecular complexity index is 517. The summed E-state index contributed by atoms with van der Waals surface area (Å²) in [5.74, 6) is -2.86. The molecule has 0 aromatic carbocycles. The lowest BCUT2D eigenvalue weighted by molar-refractivity contribution is -0.276. The Morgan fingerprint density at radius 3 is 2.26 bits per heavy atom. The van der Waals surface area contributed by atoms with Gasteiger partial charge < -0.3 is 9.84 Å². The van der Waals surface area contributed by atoms with Gasteiger partial charge in [-0.15, -0.1) is 13.2 Å². The Hall–Kier alpha value is -2.18. The summed E-state index contributed by atoms with van der Waals surface area (Å²) in [6, 6.07) is 1.35. The van der Waals surface area contributed by atoms with Crippen molar-refractivity contribution in [1.29, 1.82) is 5.26 Å². The molecule has 10 heteroatoms. The van der Waals surface area contributed by atoms with Gasteiger partial charge >= 0.3 is 12.5 Å². The van der Waals surface area contributed by atoms with Gasteiger partial charge in [0, 0.05) is 0 Å². The highest BCUT2D eigenvalue weighted by Crippen LogP contribution is 2.38. The standard InChI is InChI=1S/C9H4F6N2O2/c10-8(11,12)4-3-6(18)7(19-9(13,14)15)17-5(4)1-2-16/h3,18H,1H2. The van der Waals surface area contributed by atoms with E-state index < -0.39 is 41.8 Å². The number of aromatic hydroxyl groups is 1. The molecule has 4 nitrogen and oxygen atoms in total. The van der Waals surface area contributed by atoms with Gasteiger partial charge in [-0.2, -0.15) is 18.4 Å². The summed E-state index contributed by atoms with van der Waals surface area (Å²) in [4.78, 5) is 2.88. The van der Waals surface area contributed by atoms with Crippen LogP contribution in [-0.4, -0.2) is 16.5 Å². The van der Waals surface area contributed by atoms with Gasteiger partial charge in [0.05, 0.1) is 23.7 Å². The van der Waals surface area contributed by atoms with Crippen molar-refractivity contribution in [3.63, 3.8) is 0 Å². The minimum Gasteiger partial charge on any atom is -0.503 e. The average Bonchev–Trinajstić information content (AvgIpc) is 2.19. The van der Waals surface area contributed by atoms with Crippen LogP contribution in [0.1, 0.15) is 11.3 Å². The van der Waals surface area contributed by atoms with Crippen molar-refractivity contribution in [3.05, 3.63) is 17.3 Å². The van der Waals surface area contributed by atoms with E-state index in [-0.39, 0.29) is 6.07 Å². The Balaban J connectivity index is 3.33. The molecule has 0 radical (unpaired) electrons. The van der Waals surface area contributed by atoms with Crippen LogP contribution in [-0.2, 0) is 12.6 Å². The van der Waals surface area contributed by atoms with Crippen LogP contribution in [0, 0.1) is 11.3 Å². The molecule has 0 amide bonds. The molecule has 0 saturated heterocycles. The van der Waals surface area contributed by atoms with Crippen molar-refractivity contribution in [1.82, 2.24) is 4.98 Å². The molecular weight excluding hydrogens is 282 g/mol. The predicted molar refractivity (Wildman–Crippen MR) is 46.9 cm³/mol. The van der Waals surface area contributed by atoms with E-state index in [0.717, 1.165) is 0 Å². The second kappa shape index (κ2) is 4.83. The maximum Gasteiger partial charge on any atom is 0.574 e. The normalized spacial score (nSPS) is 12.1. The van der Waals surface area contributed by atoms with Crippen LogP contribution in [0.3, 0.4) is 0 Å². The first kappa shape index (κ1) is 14.9. The third-order valence-corrected chi connectivity index (χ3v) is 1.81. The third-order valence-electron chi connectivity index (χ3n) is 1.81. The van der Waals surface area contributed by atoms with E-state index in [4.69, 9.17) is 10.4 Å². The lowest BCUT2D eigenvalue weighted by Crippen LogP contribution is -2.19. The lowest BCUT2D eigenvalue weighted by Gasteiger charge is -2.14. The Kier molecular flexibility index (Phi) is 3.78. The van der Waals surface area contributed by atoms with E-state index in [2.05, 4.69) is 9.72 Å². The van der Waals surface area contributed by atoms with Crippen LogP contribution >= 0.6 is 0 Å². The van der Waals surface area contributed by atoms with Gasteiger partial charge in [-0.05, 0) is 6.07 Å². The monoisotopic (exact) mass is 286 g/mol. The zero-order valence-electron chi connectivity index (χ0n) is 8.80. The van der Waals surface area contributed by atoms with E-state index in [1.807, 2.05) is 0 Å². The molecule has 0 fully saturated rings. The SMILES string of the molecule is N#CCc1nc(OC(F)(F)F)c(O)cc1C(F)(F)F. The van der Waals surface area contributed by atoms with Crippen molar-refractivity contribution in [2.24, 2.45) is 0 Å². The van der Waals surface area contributed by atoms with Crippen molar-refractivity contribution in [2.75, 3.05) is 0 Å². The second-order valence-corrected chi connectivity index (χ2v) is 3.19. The summed E-state index contributed by atoms with van der Waals surface area (Å²) in [7, 11) is 0. The molecule has 0 aliphatic carbocycles. The van der Waals surface area contributed by atoms with Crippen molar-refractivity contribution >= 4 is 0 Å². The summed E-state index contributed by atoms with van der Waals surface area (Å²) < 4.78 is 76.5. The molecule has 1 aromatic heterocycles. The maximum absolute atomic E-state index is 12.5. The van der Waals surface area contributed by atoms with Crippen LogP contribution in [0.15, 0.2) is 6.07 Å². The van der Waals surface area contributed by atoms with Crippen molar-refractivity contribution in [2.45, 2.75) is 19.0 Å². The first-order chi connectivity index (χ1) is 8.54. The largest absolute Gasteiger partial charge is 0.574 e. The molecule has 0 unspecified atom stereocenters. The molecule has 0 bridgehead atoms. The van der Waals surface area contributed by atoms with Crippen molar-refractivity contribution < 1.29 is 36.2 Å². The quantitative estimate of drug-likeness (QED) is 0.849. The van der Waals surface area contributed by atoms with Gasteiger partial charge in [0.2, 0.25) is 0 Å². The second-order valence-electron chi connectivity index (χ2n) is 3.19. The van der Waals surface area contributed by atoms with Gasteiger partial charge in [-0.25, -0.2) is 4.98 Å². The fraction of sp³-hybridized carbons (Fsp3) is 0.333. The molecule has 0 aliphatic heterocycles. The fourth-order valence-electron chi connectivity index (χ4n) is 1.16. The lowest BCUT2D eigenvalue weighted by atomic mass is 10.1. The van der Waals surface area contributed by atoms with E-state index in [1.165, 1.54) is 6.07 Å². The number of alkyl halides is 6. The zero-order chi connectivity index (χ0) is 14.8. The van der Waals surface area contributed by atoms with Crippen LogP contribution in [0.25, 0.3) is 0 Å². The first-order valence-corrected chi connectivity index (χ1v) is 4.47. The molecule has 1 N–H and O–H groups in total. The number of hydrogen-bond acceptors (Lipinski definition) is 4. The highest BCUT2D eigenvalue weighted by molar-refractivity contribution is 5.41. The summed E-state index contributed by atoms with van der Waals surface area (Å²) in [6.45, 7) is 0. The molecule has 104 valence electrons. The summed E-state index contributed by atoms with van der Waals surface area (Å²) >= 11 is 0. The number of hydrogen-bond donors (Lipinski definition) is 1. The number of ether oxygens (including phenoxy) is 1. The van der Waals surface area contributed by atoms with Crippen LogP contribution < -0.4 is 4.74 Å². The first-order valence-electron chi connectivity index (χ1n) is 4.47. The molecule has 0 saturated carbocycles. The highest BCUT2D eigenvalue weighted by Gasteiger charge is 2.38. The van der Waals surface area contributed by atoms with Crippen LogP contribution in [0.5, 0.6) is 11.6 Å². The molecule has 1 rings (SSSR count). The Morgan fingerprint density at radius 1 is 1.26 bits per heavy atom. The number of nitrogens with zero attached hydrogens (tertiary/aromatic N) is 2. The topological polar surface area (TPSA) is 66.1 Å². The highest BCUT2D eigenvalue weighted by atomic mass is 19.4. The van der Waals surface area contributed by atoms with E-state index in [0.29, 0.717) is 0 Å². The zero-order valence-corrected chi connectivity index (χ0v) is 8.80. The average molecular weight is 286 g/mol. The smallest absolute Gasteiger partial charge is 0.503 e. The Morgan fingerprint density at radius 2 is 1.84 bits per heavy atom. The minimum absolute atomic E-state index is 0.0285. The van der Waals surface area contributed by atoms with E-state index in [9.17, 15) is 26.3 Å². The summed E-state index contributed by atoms with van der Waals surface area (Å²) in [5.41, 5.74) is -2.46. The van der Waals surface area contributed by atoms with Gasteiger partial charge in [-0.3, -0.25) is 0 Å². The van der Waals surface area contributed by atoms with E-state index in [1.54, 1.807) is 0 Å². The fourth-order valence-corrected chi connectivity index (χ4v) is 1.16. The number of pyridine rings is 1. The predicted octanol–water partition coefficient (Wildman–Crippen LogP) is 2.77.